The van der Waals surface area contributed by atoms with E-state index in [1.807, 2.05) is 30.3 Å². The van der Waals surface area contributed by atoms with Crippen LogP contribution in [0.4, 0.5) is 5.69 Å². The first-order chi connectivity index (χ1) is 7.85. The fraction of sp³-hybridized carbons (Fsp3) is 0. The second-order valence-electron chi connectivity index (χ2n) is 3.32. The van der Waals surface area contributed by atoms with E-state index in [4.69, 9.17) is 11.8 Å². The topological polar surface area (TPSA) is 28.1 Å². The van der Waals surface area contributed by atoms with E-state index in [0.29, 0.717) is 11.3 Å². The largest absolute Gasteiger partial charge is 0.238 e. The van der Waals surface area contributed by atoms with Gasteiger partial charge in [-0.2, -0.15) is 5.26 Å². The van der Waals surface area contributed by atoms with Crippen LogP contribution in [-0.2, 0) is 0 Å². The number of nitrogens with zero attached hydrogens (tertiary/aromatic N) is 2. The van der Waals surface area contributed by atoms with Crippen molar-refractivity contribution in [1.29, 1.82) is 5.26 Å². The maximum atomic E-state index is 8.85. The van der Waals surface area contributed by atoms with Crippen molar-refractivity contribution < 1.29 is 0 Å². The van der Waals surface area contributed by atoms with Crippen molar-refractivity contribution in [3.63, 3.8) is 0 Å². The van der Waals surface area contributed by atoms with Gasteiger partial charge in [0.05, 0.1) is 18.2 Å². The highest BCUT2D eigenvalue weighted by Crippen LogP contribution is 2.30. The van der Waals surface area contributed by atoms with Gasteiger partial charge in [-0.3, -0.25) is 0 Å². The molecule has 2 aromatic carbocycles. The molecule has 0 aliphatic heterocycles. The Kier molecular flexibility index (Phi) is 2.67. The molecule has 16 heavy (non-hydrogen) atoms. The van der Waals surface area contributed by atoms with Gasteiger partial charge in [0, 0.05) is 0 Å². The molecule has 0 aliphatic rings. The van der Waals surface area contributed by atoms with E-state index >= 15 is 0 Å². The predicted molar refractivity (Wildman–Crippen MR) is 62.9 cm³/mol. The van der Waals surface area contributed by atoms with E-state index in [2.05, 4.69) is 10.9 Å². The number of hydrogen-bond donors (Lipinski definition) is 0. The van der Waals surface area contributed by atoms with Crippen molar-refractivity contribution in [2.45, 2.75) is 0 Å². The van der Waals surface area contributed by atoms with Crippen molar-refractivity contribution in [2.24, 2.45) is 0 Å². The lowest BCUT2D eigenvalue weighted by Gasteiger charge is -2.04. The Hall–Kier alpha value is -2.58. The molecule has 0 aliphatic carbocycles. The molecule has 74 valence electrons. The molecule has 0 amide bonds. The summed E-state index contributed by atoms with van der Waals surface area (Å²) in [5.74, 6) is 0. The van der Waals surface area contributed by atoms with Crippen LogP contribution in [0, 0.1) is 17.9 Å². The first kappa shape index (κ1) is 9.96. The van der Waals surface area contributed by atoms with Gasteiger partial charge in [0.1, 0.15) is 0 Å². The van der Waals surface area contributed by atoms with Crippen LogP contribution in [0.25, 0.3) is 16.0 Å². The number of benzene rings is 2. The fourth-order valence-corrected chi connectivity index (χ4v) is 1.55. The van der Waals surface area contributed by atoms with Crippen LogP contribution in [0.3, 0.4) is 0 Å². The lowest BCUT2D eigenvalue weighted by Crippen LogP contribution is -1.80. The molecule has 0 fully saturated rings. The second-order valence-corrected chi connectivity index (χ2v) is 3.32. The predicted octanol–water partition coefficient (Wildman–Crippen LogP) is 3.78. The molecule has 0 radical (unpaired) electrons. The Bertz CT molecular complexity index is 586. The molecule has 0 saturated heterocycles. The Morgan fingerprint density at radius 3 is 2.44 bits per heavy atom. The van der Waals surface area contributed by atoms with Crippen LogP contribution in [0.15, 0.2) is 48.5 Å². The SMILES string of the molecule is [C-]#[N+]c1ccc(C#N)cc1-c1ccccc1. The molecule has 0 aromatic heterocycles. The third-order valence-electron chi connectivity index (χ3n) is 2.33. The lowest BCUT2D eigenvalue weighted by atomic mass is 10.0. The molecule has 0 N–H and O–H groups in total. The molecule has 2 rings (SSSR count). The van der Waals surface area contributed by atoms with E-state index < -0.39 is 0 Å². The highest BCUT2D eigenvalue weighted by Gasteiger charge is 2.05. The van der Waals surface area contributed by atoms with E-state index in [0.717, 1.165) is 11.1 Å². The van der Waals surface area contributed by atoms with Gasteiger partial charge in [0.15, 0.2) is 5.69 Å². The maximum absolute atomic E-state index is 8.85. The number of hydrogen-bond acceptors (Lipinski definition) is 1. The highest BCUT2D eigenvalue weighted by atomic mass is 14.6. The summed E-state index contributed by atoms with van der Waals surface area (Å²) in [5, 5.41) is 8.85. The molecule has 2 aromatic rings. The van der Waals surface area contributed by atoms with Gasteiger partial charge in [-0.15, -0.1) is 0 Å². The Morgan fingerprint density at radius 2 is 1.81 bits per heavy atom. The lowest BCUT2D eigenvalue weighted by molar-refractivity contribution is 1.48. The van der Waals surface area contributed by atoms with Crippen molar-refractivity contribution in [3.05, 3.63) is 65.5 Å². The average Bonchev–Trinajstić information content (AvgIpc) is 2.39. The summed E-state index contributed by atoms with van der Waals surface area (Å²) >= 11 is 0. The third kappa shape index (κ3) is 1.78. The van der Waals surface area contributed by atoms with Gasteiger partial charge in [-0.1, -0.05) is 42.5 Å². The van der Waals surface area contributed by atoms with Gasteiger partial charge in [0.25, 0.3) is 0 Å². The summed E-state index contributed by atoms with van der Waals surface area (Å²) in [4.78, 5) is 3.46. The van der Waals surface area contributed by atoms with Gasteiger partial charge in [-0.05, 0) is 17.2 Å². The summed E-state index contributed by atoms with van der Waals surface area (Å²) < 4.78 is 0. The zero-order valence-corrected chi connectivity index (χ0v) is 8.51. The van der Waals surface area contributed by atoms with E-state index in [1.54, 1.807) is 18.2 Å². The van der Waals surface area contributed by atoms with Crippen molar-refractivity contribution in [2.75, 3.05) is 0 Å². The second kappa shape index (κ2) is 4.29. The number of nitriles is 1. The van der Waals surface area contributed by atoms with Crippen molar-refractivity contribution >= 4 is 5.69 Å². The summed E-state index contributed by atoms with van der Waals surface area (Å²) in [6.45, 7) is 7.10. The van der Waals surface area contributed by atoms with E-state index in [1.165, 1.54) is 0 Å². The normalized spacial score (nSPS) is 9.12. The molecular formula is C14H8N2. The van der Waals surface area contributed by atoms with E-state index in [-0.39, 0.29) is 0 Å². The van der Waals surface area contributed by atoms with Crippen molar-refractivity contribution in [3.8, 4) is 17.2 Å². The zero-order chi connectivity index (χ0) is 11.4. The monoisotopic (exact) mass is 204 g/mol. The molecule has 2 heteroatoms. The molecule has 0 bridgehead atoms. The first-order valence-corrected chi connectivity index (χ1v) is 4.82. The van der Waals surface area contributed by atoms with Crippen molar-refractivity contribution in [1.82, 2.24) is 0 Å². The minimum Gasteiger partial charge on any atom is -0.238 e. The Morgan fingerprint density at radius 1 is 1.06 bits per heavy atom. The Balaban J connectivity index is 2.65. The summed E-state index contributed by atoms with van der Waals surface area (Å²) in [7, 11) is 0. The average molecular weight is 204 g/mol. The molecule has 0 heterocycles. The van der Waals surface area contributed by atoms with Gasteiger partial charge in [-0.25, -0.2) is 4.85 Å². The van der Waals surface area contributed by atoms with Crippen LogP contribution < -0.4 is 0 Å². The zero-order valence-electron chi connectivity index (χ0n) is 8.51. The van der Waals surface area contributed by atoms with Crippen LogP contribution in [-0.4, -0.2) is 0 Å². The number of rotatable bonds is 1. The standard InChI is InChI=1S/C14H8N2/c1-16-14-8-7-11(10-15)9-13(14)12-5-3-2-4-6-12/h2-9H. The first-order valence-electron chi connectivity index (χ1n) is 4.82. The molecular weight excluding hydrogens is 196 g/mol. The Labute approximate surface area is 94.2 Å². The summed E-state index contributed by atoms with van der Waals surface area (Å²) in [6.07, 6.45) is 0. The minimum absolute atomic E-state index is 0.574. The fourth-order valence-electron chi connectivity index (χ4n) is 1.55. The molecule has 0 saturated carbocycles. The van der Waals surface area contributed by atoms with Crippen LogP contribution in [0.1, 0.15) is 5.56 Å². The minimum atomic E-state index is 0.574. The quantitative estimate of drug-likeness (QED) is 0.650. The van der Waals surface area contributed by atoms with Gasteiger partial charge >= 0.3 is 0 Å². The molecule has 2 nitrogen and oxygen atoms in total. The van der Waals surface area contributed by atoms with Crippen LogP contribution in [0.5, 0.6) is 0 Å². The van der Waals surface area contributed by atoms with Crippen LogP contribution in [0.2, 0.25) is 0 Å². The van der Waals surface area contributed by atoms with E-state index in [9.17, 15) is 0 Å². The highest BCUT2D eigenvalue weighted by molar-refractivity contribution is 5.79. The van der Waals surface area contributed by atoms with Gasteiger partial charge < -0.3 is 0 Å². The third-order valence-corrected chi connectivity index (χ3v) is 2.33. The van der Waals surface area contributed by atoms with Crippen LogP contribution >= 0.6 is 0 Å². The smallest absolute Gasteiger partial charge is 0.194 e. The molecule has 0 atom stereocenters. The molecule has 0 unspecified atom stereocenters. The summed E-state index contributed by atoms with van der Waals surface area (Å²) in [6, 6.07) is 16.8. The molecule has 0 spiro atoms. The summed E-state index contributed by atoms with van der Waals surface area (Å²) in [5.41, 5.74) is 2.93. The maximum Gasteiger partial charge on any atom is 0.194 e. The van der Waals surface area contributed by atoms with Gasteiger partial charge in [0.2, 0.25) is 0 Å².